The van der Waals surface area contributed by atoms with E-state index in [9.17, 15) is 4.79 Å². The Morgan fingerprint density at radius 1 is 1.04 bits per heavy atom. The van der Waals surface area contributed by atoms with Crippen LogP contribution in [0.1, 0.15) is 17.5 Å². The summed E-state index contributed by atoms with van der Waals surface area (Å²) in [6, 6.07) is 17.3. The second-order valence-electron chi connectivity index (χ2n) is 5.99. The van der Waals surface area contributed by atoms with Crippen molar-refractivity contribution in [2.24, 2.45) is 0 Å². The lowest BCUT2D eigenvalue weighted by atomic mass is 10.1. The molecule has 27 heavy (non-hydrogen) atoms. The highest BCUT2D eigenvalue weighted by atomic mass is 35.6. The topological polar surface area (TPSA) is 53.2 Å². The van der Waals surface area contributed by atoms with Crippen LogP contribution in [0, 0.1) is 6.92 Å². The lowest BCUT2D eigenvalue weighted by molar-refractivity contribution is -0.121. The van der Waals surface area contributed by atoms with Gasteiger partial charge in [-0.15, -0.1) is 0 Å². The first-order valence-electron chi connectivity index (χ1n) is 8.28. The number of benzene rings is 2. The fraction of sp³-hybridized carbons (Fsp3) is 0.263. The van der Waals surface area contributed by atoms with Crippen LogP contribution in [0.4, 0.5) is 5.69 Å². The van der Waals surface area contributed by atoms with E-state index in [2.05, 4.69) is 16.0 Å². The number of para-hydroxylation sites is 1. The van der Waals surface area contributed by atoms with Gasteiger partial charge in [-0.2, -0.15) is 0 Å². The molecule has 2 aromatic carbocycles. The maximum Gasteiger partial charge on any atom is 0.228 e. The average Bonchev–Trinajstić information content (AvgIpc) is 2.61. The Labute approximate surface area is 179 Å². The largest absolute Gasteiger partial charge is 0.339 e. The van der Waals surface area contributed by atoms with Gasteiger partial charge in [-0.3, -0.25) is 4.79 Å². The van der Waals surface area contributed by atoms with Crippen molar-refractivity contribution in [1.82, 2.24) is 10.6 Å². The highest BCUT2D eigenvalue weighted by Gasteiger charge is 2.34. The van der Waals surface area contributed by atoms with E-state index in [1.165, 1.54) is 5.56 Å². The van der Waals surface area contributed by atoms with Gasteiger partial charge in [-0.25, -0.2) is 0 Å². The quantitative estimate of drug-likeness (QED) is 0.343. The number of rotatable bonds is 6. The first kappa shape index (κ1) is 21.8. The van der Waals surface area contributed by atoms with Gasteiger partial charge in [0.25, 0.3) is 0 Å². The van der Waals surface area contributed by atoms with E-state index in [-0.39, 0.29) is 17.4 Å². The molecule has 3 N–H and O–H groups in total. The fourth-order valence-electron chi connectivity index (χ4n) is 2.27. The van der Waals surface area contributed by atoms with E-state index < -0.39 is 9.96 Å². The molecule has 1 unspecified atom stereocenters. The molecule has 1 amide bonds. The molecule has 2 rings (SSSR count). The normalized spacial score (nSPS) is 12.1. The molecule has 0 aliphatic heterocycles. The Morgan fingerprint density at radius 2 is 1.67 bits per heavy atom. The van der Waals surface area contributed by atoms with Crippen LogP contribution >= 0.6 is 47.0 Å². The van der Waals surface area contributed by atoms with Gasteiger partial charge in [0.05, 0.1) is 0 Å². The third-order valence-electron chi connectivity index (χ3n) is 3.70. The summed E-state index contributed by atoms with van der Waals surface area (Å²) in [6.45, 7) is 2.01. The molecule has 0 bridgehead atoms. The summed E-state index contributed by atoms with van der Waals surface area (Å²) in [6.07, 6.45) is -0.122. The van der Waals surface area contributed by atoms with Crippen LogP contribution in [0.15, 0.2) is 54.6 Å². The lowest BCUT2D eigenvalue weighted by Gasteiger charge is -2.27. The molecular formula is C19H20Cl3N3OS. The molecule has 0 saturated carbocycles. The van der Waals surface area contributed by atoms with Crippen LogP contribution < -0.4 is 16.0 Å². The zero-order valence-electron chi connectivity index (χ0n) is 14.6. The van der Waals surface area contributed by atoms with Crippen LogP contribution in [0.5, 0.6) is 0 Å². The number of carbonyl (C=O) groups is 1. The van der Waals surface area contributed by atoms with Crippen molar-refractivity contribution in [3.8, 4) is 0 Å². The van der Waals surface area contributed by atoms with Crippen molar-refractivity contribution in [2.75, 3.05) is 5.32 Å². The van der Waals surface area contributed by atoms with E-state index in [1.54, 1.807) is 0 Å². The van der Waals surface area contributed by atoms with Gasteiger partial charge in [-0.1, -0.05) is 82.8 Å². The van der Waals surface area contributed by atoms with E-state index in [1.807, 2.05) is 61.5 Å². The van der Waals surface area contributed by atoms with Crippen LogP contribution in [-0.2, 0) is 11.2 Å². The molecule has 8 heteroatoms. The van der Waals surface area contributed by atoms with Gasteiger partial charge < -0.3 is 16.0 Å². The van der Waals surface area contributed by atoms with E-state index >= 15 is 0 Å². The minimum Gasteiger partial charge on any atom is -0.339 e. The Kier molecular flexibility index (Phi) is 8.17. The molecule has 0 radical (unpaired) electrons. The Hall–Kier alpha value is -1.53. The summed E-state index contributed by atoms with van der Waals surface area (Å²) in [4.78, 5) is 12.3. The number of alkyl halides is 3. The molecule has 0 spiro atoms. The zero-order valence-corrected chi connectivity index (χ0v) is 17.7. The lowest BCUT2D eigenvalue weighted by Crippen LogP contribution is -2.56. The van der Waals surface area contributed by atoms with Gasteiger partial charge in [-0.05, 0) is 43.3 Å². The van der Waals surface area contributed by atoms with Gasteiger partial charge in [0.2, 0.25) is 9.70 Å². The highest BCUT2D eigenvalue weighted by Crippen LogP contribution is 2.29. The maximum absolute atomic E-state index is 12.3. The molecular weight excluding hydrogens is 425 g/mol. The van der Waals surface area contributed by atoms with E-state index in [0.717, 1.165) is 11.3 Å². The monoisotopic (exact) mass is 443 g/mol. The molecule has 0 heterocycles. The van der Waals surface area contributed by atoms with Crippen molar-refractivity contribution < 1.29 is 4.79 Å². The van der Waals surface area contributed by atoms with Crippen molar-refractivity contribution in [2.45, 2.75) is 29.7 Å². The SMILES string of the molecule is Cc1ccc(CCC(=O)NC(NC(=S)Nc2ccccc2)C(Cl)(Cl)Cl)cc1. The summed E-state index contributed by atoms with van der Waals surface area (Å²) < 4.78 is -1.78. The molecule has 0 aromatic heterocycles. The zero-order chi connectivity index (χ0) is 19.9. The van der Waals surface area contributed by atoms with Crippen LogP contribution in [0.25, 0.3) is 0 Å². The van der Waals surface area contributed by atoms with Gasteiger partial charge in [0.15, 0.2) is 5.11 Å². The van der Waals surface area contributed by atoms with E-state index in [0.29, 0.717) is 6.42 Å². The third-order valence-corrected chi connectivity index (χ3v) is 4.58. The van der Waals surface area contributed by atoms with Crippen LogP contribution in [0.2, 0.25) is 0 Å². The second-order valence-corrected chi connectivity index (χ2v) is 8.77. The van der Waals surface area contributed by atoms with Crippen molar-refractivity contribution in [3.05, 3.63) is 65.7 Å². The summed E-state index contributed by atoms with van der Waals surface area (Å²) in [5.41, 5.74) is 3.02. The average molecular weight is 445 g/mol. The number of aryl methyl sites for hydroxylation is 2. The van der Waals surface area contributed by atoms with Crippen LogP contribution in [-0.4, -0.2) is 21.0 Å². The van der Waals surface area contributed by atoms with Crippen LogP contribution in [0.3, 0.4) is 0 Å². The van der Waals surface area contributed by atoms with E-state index in [4.69, 9.17) is 47.0 Å². The molecule has 1 atom stereocenters. The number of thiocarbonyl (C=S) groups is 1. The third kappa shape index (κ3) is 7.93. The predicted octanol–water partition coefficient (Wildman–Crippen LogP) is 4.73. The number of amides is 1. The molecule has 0 aliphatic carbocycles. The number of nitrogens with one attached hydrogen (secondary N) is 3. The first-order valence-corrected chi connectivity index (χ1v) is 9.82. The van der Waals surface area contributed by atoms with Crippen molar-refractivity contribution in [3.63, 3.8) is 0 Å². The Bertz CT molecular complexity index is 764. The predicted molar refractivity (Wildman–Crippen MR) is 118 cm³/mol. The standard InChI is InChI=1S/C19H20Cl3N3OS/c1-13-7-9-14(10-8-13)11-12-16(26)24-17(19(20,21)22)25-18(27)23-15-5-3-2-4-6-15/h2-10,17H,11-12H2,1H3,(H,24,26)(H2,23,25,27). The summed E-state index contributed by atoms with van der Waals surface area (Å²) in [5, 5.41) is 8.72. The maximum atomic E-state index is 12.3. The summed E-state index contributed by atoms with van der Waals surface area (Å²) in [5.74, 6) is -0.248. The smallest absolute Gasteiger partial charge is 0.228 e. The molecule has 0 saturated heterocycles. The van der Waals surface area contributed by atoms with Gasteiger partial charge in [0, 0.05) is 12.1 Å². The number of halogens is 3. The Balaban J connectivity index is 1.90. The minimum absolute atomic E-state index is 0.233. The molecule has 0 fully saturated rings. The summed E-state index contributed by atoms with van der Waals surface area (Å²) in [7, 11) is 0. The molecule has 144 valence electrons. The number of anilines is 1. The number of carbonyl (C=O) groups excluding carboxylic acids is 1. The molecule has 0 aliphatic rings. The van der Waals surface area contributed by atoms with Crippen molar-refractivity contribution in [1.29, 1.82) is 0 Å². The van der Waals surface area contributed by atoms with Crippen molar-refractivity contribution >= 4 is 63.7 Å². The molecule has 4 nitrogen and oxygen atoms in total. The second kappa shape index (κ2) is 10.1. The number of hydrogen-bond acceptors (Lipinski definition) is 2. The fourth-order valence-corrected chi connectivity index (χ4v) is 2.83. The first-order chi connectivity index (χ1) is 12.7. The number of hydrogen-bond donors (Lipinski definition) is 3. The Morgan fingerprint density at radius 3 is 2.26 bits per heavy atom. The van der Waals surface area contributed by atoms with Gasteiger partial charge >= 0.3 is 0 Å². The highest BCUT2D eigenvalue weighted by molar-refractivity contribution is 7.80. The molecule has 2 aromatic rings. The minimum atomic E-state index is -1.78. The van der Waals surface area contributed by atoms with Gasteiger partial charge in [0.1, 0.15) is 6.17 Å². The summed E-state index contributed by atoms with van der Waals surface area (Å²) >= 11 is 23.2.